The highest BCUT2D eigenvalue weighted by atomic mass is 16.2. The molecule has 1 aliphatic rings. The number of aryl methyl sites for hydroxylation is 2. The Kier molecular flexibility index (Phi) is 5.59. The molecule has 1 aromatic heterocycles. The molecular weight excluding hydrogens is 376 g/mol. The summed E-state index contributed by atoms with van der Waals surface area (Å²) in [5, 5.41) is 4.14. The molecule has 0 saturated carbocycles. The molecule has 2 heterocycles. The lowest BCUT2D eigenvalue weighted by Crippen LogP contribution is -2.40. The lowest BCUT2D eigenvalue weighted by molar-refractivity contribution is -0.123. The van der Waals surface area contributed by atoms with Gasteiger partial charge >= 0.3 is 0 Å². The molecule has 6 heteroatoms. The van der Waals surface area contributed by atoms with E-state index in [4.69, 9.17) is 5.73 Å². The van der Waals surface area contributed by atoms with Crippen LogP contribution in [0.25, 0.3) is 10.9 Å². The summed E-state index contributed by atoms with van der Waals surface area (Å²) in [5.74, 6) is -0.455. The average molecular weight is 405 g/mol. The molecule has 3 aromatic rings. The van der Waals surface area contributed by atoms with Crippen molar-refractivity contribution in [2.75, 3.05) is 18.4 Å². The molecule has 1 atom stereocenters. The zero-order valence-corrected chi connectivity index (χ0v) is 17.5. The first kappa shape index (κ1) is 20.2. The van der Waals surface area contributed by atoms with Crippen LogP contribution in [-0.4, -0.2) is 34.8 Å². The van der Waals surface area contributed by atoms with Gasteiger partial charge in [0.15, 0.2) is 0 Å². The van der Waals surface area contributed by atoms with Gasteiger partial charge in [-0.3, -0.25) is 14.5 Å². The Morgan fingerprint density at radius 1 is 1.20 bits per heavy atom. The molecule has 4 N–H and O–H groups in total. The van der Waals surface area contributed by atoms with E-state index >= 15 is 0 Å². The first-order valence-corrected chi connectivity index (χ1v) is 10.4. The van der Waals surface area contributed by atoms with Crippen molar-refractivity contribution in [3.05, 3.63) is 64.8 Å². The molecule has 0 aliphatic carbocycles. The second-order valence-electron chi connectivity index (χ2n) is 8.22. The molecule has 1 aliphatic heterocycles. The van der Waals surface area contributed by atoms with Crippen LogP contribution in [0.4, 0.5) is 5.69 Å². The summed E-state index contributed by atoms with van der Waals surface area (Å²) in [5.41, 5.74) is 11.3. The zero-order valence-electron chi connectivity index (χ0n) is 17.5. The van der Waals surface area contributed by atoms with Gasteiger partial charge in [0, 0.05) is 40.9 Å². The number of H-pyrrole nitrogens is 1. The summed E-state index contributed by atoms with van der Waals surface area (Å²) in [7, 11) is 0. The number of fused-ring (bicyclic) bond motifs is 1. The van der Waals surface area contributed by atoms with Gasteiger partial charge in [-0.25, -0.2) is 0 Å². The summed E-state index contributed by atoms with van der Waals surface area (Å²) < 4.78 is 0. The number of benzene rings is 2. The molecule has 4 rings (SSSR count). The van der Waals surface area contributed by atoms with Crippen molar-refractivity contribution in [2.45, 2.75) is 33.2 Å². The van der Waals surface area contributed by atoms with Gasteiger partial charge < -0.3 is 16.0 Å². The van der Waals surface area contributed by atoms with Crippen molar-refractivity contribution in [2.24, 2.45) is 11.7 Å². The number of aromatic amines is 1. The van der Waals surface area contributed by atoms with E-state index in [0.717, 1.165) is 52.8 Å². The Bertz CT molecular complexity index is 1100. The van der Waals surface area contributed by atoms with Crippen molar-refractivity contribution in [1.29, 1.82) is 0 Å². The number of amides is 2. The first-order valence-electron chi connectivity index (χ1n) is 10.4. The number of rotatable bonds is 5. The van der Waals surface area contributed by atoms with Crippen LogP contribution in [0.5, 0.6) is 0 Å². The van der Waals surface area contributed by atoms with Crippen LogP contribution in [0.15, 0.2) is 42.5 Å². The van der Waals surface area contributed by atoms with Crippen LogP contribution in [0.3, 0.4) is 0 Å². The number of hydrogen-bond acceptors (Lipinski definition) is 3. The largest absolute Gasteiger partial charge is 0.369 e. The molecule has 1 fully saturated rings. The van der Waals surface area contributed by atoms with E-state index in [9.17, 15) is 9.59 Å². The predicted octanol–water partition coefficient (Wildman–Crippen LogP) is 3.73. The molecular formula is C24H28N4O2. The fourth-order valence-electron chi connectivity index (χ4n) is 4.25. The van der Waals surface area contributed by atoms with Crippen LogP contribution in [0.1, 0.15) is 40.0 Å². The van der Waals surface area contributed by atoms with Crippen molar-refractivity contribution in [3.8, 4) is 0 Å². The number of nitrogens with two attached hydrogens (primary N) is 1. The van der Waals surface area contributed by atoms with Gasteiger partial charge in [-0.15, -0.1) is 0 Å². The standard InChI is InChI=1S/C24H28N4O2/c1-15-16(2)26-22-10-9-17(12-20(15)22)24(30)27-21-8-4-3-6-18(21)13-28-11-5-7-19(14-28)23(25)29/h3-4,6,8-10,12,19,26H,5,7,11,13-14H2,1-2H3,(H2,25,29)(H,27,30). The fraction of sp³-hybridized carbons (Fsp3) is 0.333. The van der Waals surface area contributed by atoms with Crippen molar-refractivity contribution < 1.29 is 9.59 Å². The number of likely N-dealkylation sites (tertiary alicyclic amines) is 1. The molecule has 1 saturated heterocycles. The smallest absolute Gasteiger partial charge is 0.255 e. The summed E-state index contributed by atoms with van der Waals surface area (Å²) in [6.07, 6.45) is 1.81. The third kappa shape index (κ3) is 4.09. The molecule has 2 aromatic carbocycles. The van der Waals surface area contributed by atoms with Gasteiger partial charge in [0.1, 0.15) is 0 Å². The van der Waals surface area contributed by atoms with Gasteiger partial charge in [-0.2, -0.15) is 0 Å². The van der Waals surface area contributed by atoms with Crippen molar-refractivity contribution in [1.82, 2.24) is 9.88 Å². The van der Waals surface area contributed by atoms with Crippen LogP contribution in [0.2, 0.25) is 0 Å². The number of anilines is 1. The van der Waals surface area contributed by atoms with E-state index in [2.05, 4.69) is 22.1 Å². The topological polar surface area (TPSA) is 91.2 Å². The lowest BCUT2D eigenvalue weighted by atomic mass is 9.97. The second kappa shape index (κ2) is 8.32. The Hall–Kier alpha value is -3.12. The number of primary amides is 1. The molecule has 156 valence electrons. The van der Waals surface area contributed by atoms with Crippen LogP contribution >= 0.6 is 0 Å². The van der Waals surface area contributed by atoms with E-state index in [1.807, 2.05) is 49.4 Å². The normalized spacial score (nSPS) is 17.2. The maximum absolute atomic E-state index is 13.0. The maximum atomic E-state index is 13.0. The van der Waals surface area contributed by atoms with E-state index in [-0.39, 0.29) is 17.7 Å². The zero-order chi connectivity index (χ0) is 21.3. The summed E-state index contributed by atoms with van der Waals surface area (Å²) in [4.78, 5) is 30.1. The second-order valence-corrected chi connectivity index (χ2v) is 8.22. The number of nitrogens with zero attached hydrogens (tertiary/aromatic N) is 1. The fourth-order valence-corrected chi connectivity index (χ4v) is 4.25. The molecule has 0 bridgehead atoms. The summed E-state index contributed by atoms with van der Waals surface area (Å²) in [6.45, 7) is 6.36. The van der Waals surface area contributed by atoms with E-state index in [0.29, 0.717) is 18.7 Å². The SMILES string of the molecule is Cc1[nH]c2ccc(C(=O)Nc3ccccc3CN3CCCC(C(N)=O)C3)cc2c1C. The molecule has 0 radical (unpaired) electrons. The Morgan fingerprint density at radius 2 is 2.00 bits per heavy atom. The highest BCUT2D eigenvalue weighted by molar-refractivity contribution is 6.07. The number of piperidine rings is 1. The highest BCUT2D eigenvalue weighted by Crippen LogP contribution is 2.25. The molecule has 2 amide bonds. The van der Waals surface area contributed by atoms with Gasteiger partial charge in [-0.05, 0) is 68.6 Å². The number of carbonyl (C=O) groups is 2. The Labute approximate surface area is 176 Å². The third-order valence-corrected chi connectivity index (χ3v) is 6.14. The van der Waals surface area contributed by atoms with Gasteiger partial charge in [0.25, 0.3) is 5.91 Å². The van der Waals surface area contributed by atoms with Crippen molar-refractivity contribution in [3.63, 3.8) is 0 Å². The molecule has 6 nitrogen and oxygen atoms in total. The first-order chi connectivity index (χ1) is 14.4. The Balaban J connectivity index is 1.52. The number of hydrogen-bond donors (Lipinski definition) is 3. The van der Waals surface area contributed by atoms with E-state index in [1.165, 1.54) is 0 Å². The Morgan fingerprint density at radius 3 is 2.80 bits per heavy atom. The van der Waals surface area contributed by atoms with E-state index in [1.54, 1.807) is 0 Å². The lowest BCUT2D eigenvalue weighted by Gasteiger charge is -2.31. The minimum absolute atomic E-state index is 0.0970. The summed E-state index contributed by atoms with van der Waals surface area (Å²) >= 11 is 0. The minimum atomic E-state index is -0.230. The maximum Gasteiger partial charge on any atom is 0.255 e. The van der Waals surface area contributed by atoms with Crippen LogP contribution in [-0.2, 0) is 11.3 Å². The number of aromatic nitrogens is 1. The number of carbonyl (C=O) groups excluding carboxylic acids is 2. The molecule has 0 spiro atoms. The van der Waals surface area contributed by atoms with Crippen LogP contribution < -0.4 is 11.1 Å². The quantitative estimate of drug-likeness (QED) is 0.605. The third-order valence-electron chi connectivity index (χ3n) is 6.14. The highest BCUT2D eigenvalue weighted by Gasteiger charge is 2.24. The van der Waals surface area contributed by atoms with Crippen LogP contribution in [0, 0.1) is 19.8 Å². The monoisotopic (exact) mass is 404 g/mol. The van der Waals surface area contributed by atoms with E-state index < -0.39 is 0 Å². The predicted molar refractivity (Wildman–Crippen MR) is 119 cm³/mol. The molecule has 1 unspecified atom stereocenters. The van der Waals surface area contributed by atoms with Crippen molar-refractivity contribution >= 4 is 28.4 Å². The number of para-hydroxylation sites is 1. The van der Waals surface area contributed by atoms with Gasteiger partial charge in [0.2, 0.25) is 5.91 Å². The number of nitrogens with one attached hydrogen (secondary N) is 2. The van der Waals surface area contributed by atoms with Gasteiger partial charge in [-0.1, -0.05) is 18.2 Å². The average Bonchev–Trinajstić information content (AvgIpc) is 3.03. The minimum Gasteiger partial charge on any atom is -0.369 e. The molecule has 30 heavy (non-hydrogen) atoms. The summed E-state index contributed by atoms with van der Waals surface area (Å²) in [6, 6.07) is 13.6. The van der Waals surface area contributed by atoms with Gasteiger partial charge in [0.05, 0.1) is 5.92 Å².